The normalized spacial score (nSPS) is 11.1. The second-order valence-electron chi connectivity index (χ2n) is 5.88. The molecule has 1 amide bonds. The lowest BCUT2D eigenvalue weighted by Gasteiger charge is -2.09. The Morgan fingerprint density at radius 3 is 2.55 bits per heavy atom. The van der Waals surface area contributed by atoms with Crippen molar-refractivity contribution in [3.05, 3.63) is 51.0 Å². The maximum Gasteiger partial charge on any atom is 0.258 e. The maximum atomic E-state index is 12.7. The van der Waals surface area contributed by atoms with Crippen LogP contribution in [0.4, 0.5) is 5.69 Å². The van der Waals surface area contributed by atoms with Gasteiger partial charge in [0.1, 0.15) is 0 Å². The van der Waals surface area contributed by atoms with Crippen molar-refractivity contribution in [3.63, 3.8) is 0 Å². The van der Waals surface area contributed by atoms with E-state index in [2.05, 4.69) is 30.2 Å². The van der Waals surface area contributed by atoms with Crippen LogP contribution in [0.1, 0.15) is 37.6 Å². The number of hydrogen-bond donors (Lipinski definition) is 2. The van der Waals surface area contributed by atoms with Gasteiger partial charge in [-0.15, -0.1) is 11.3 Å². The largest absolute Gasteiger partial charge is 0.357 e. The Hall–Kier alpha value is -2.07. The number of aryl methyl sites for hydroxylation is 5. The lowest BCUT2D eigenvalue weighted by molar-refractivity contribution is 0.102. The molecule has 1 aromatic carbocycles. The zero-order valence-electron chi connectivity index (χ0n) is 13.5. The summed E-state index contributed by atoms with van der Waals surface area (Å²) in [7, 11) is 0. The van der Waals surface area contributed by atoms with E-state index in [-0.39, 0.29) is 5.91 Å². The van der Waals surface area contributed by atoms with Crippen LogP contribution < -0.4 is 5.32 Å². The molecule has 0 spiro atoms. The SMILES string of the molecule is Cc1ccc(NC(=O)c2c(C)sc3c(C)c(C)[nH]c23)c(C)c1. The first kappa shape index (κ1) is 14.9. The summed E-state index contributed by atoms with van der Waals surface area (Å²) in [6.07, 6.45) is 0. The van der Waals surface area contributed by atoms with Crippen molar-refractivity contribution < 1.29 is 4.79 Å². The Kier molecular flexibility index (Phi) is 3.57. The molecular weight excluding hydrogens is 292 g/mol. The van der Waals surface area contributed by atoms with Gasteiger partial charge in [0.2, 0.25) is 0 Å². The van der Waals surface area contributed by atoms with Gasteiger partial charge in [0.05, 0.1) is 15.8 Å². The molecule has 0 unspecified atom stereocenters. The van der Waals surface area contributed by atoms with E-state index >= 15 is 0 Å². The van der Waals surface area contributed by atoms with Crippen LogP contribution in [-0.4, -0.2) is 10.9 Å². The van der Waals surface area contributed by atoms with Crippen LogP contribution >= 0.6 is 11.3 Å². The lowest BCUT2D eigenvalue weighted by atomic mass is 10.1. The molecule has 0 aliphatic carbocycles. The molecule has 0 saturated carbocycles. The van der Waals surface area contributed by atoms with Crippen molar-refractivity contribution in [2.75, 3.05) is 5.32 Å². The number of aromatic nitrogens is 1. The molecule has 0 bridgehead atoms. The average molecular weight is 312 g/mol. The van der Waals surface area contributed by atoms with Crippen molar-refractivity contribution in [1.29, 1.82) is 0 Å². The van der Waals surface area contributed by atoms with Gasteiger partial charge in [-0.25, -0.2) is 0 Å². The Morgan fingerprint density at radius 1 is 1.14 bits per heavy atom. The first-order valence-corrected chi connectivity index (χ1v) is 8.17. The molecule has 0 fully saturated rings. The fourth-order valence-corrected chi connectivity index (χ4v) is 3.96. The Balaban J connectivity index is 2.02. The van der Waals surface area contributed by atoms with Gasteiger partial charge in [0.15, 0.2) is 0 Å². The number of benzene rings is 1. The average Bonchev–Trinajstić information content (AvgIpc) is 2.89. The van der Waals surface area contributed by atoms with E-state index in [1.165, 1.54) is 15.8 Å². The zero-order valence-corrected chi connectivity index (χ0v) is 14.4. The molecule has 22 heavy (non-hydrogen) atoms. The molecule has 2 N–H and O–H groups in total. The van der Waals surface area contributed by atoms with Crippen LogP contribution in [0.3, 0.4) is 0 Å². The second-order valence-corrected chi connectivity index (χ2v) is 7.11. The summed E-state index contributed by atoms with van der Waals surface area (Å²) in [5.41, 5.74) is 7.22. The van der Waals surface area contributed by atoms with Crippen molar-refractivity contribution in [1.82, 2.24) is 4.98 Å². The molecule has 3 nitrogen and oxygen atoms in total. The summed E-state index contributed by atoms with van der Waals surface area (Å²) >= 11 is 1.68. The van der Waals surface area contributed by atoms with E-state index in [0.717, 1.165) is 32.9 Å². The van der Waals surface area contributed by atoms with Crippen molar-refractivity contribution in [2.24, 2.45) is 0 Å². The number of anilines is 1. The number of thiophene rings is 1. The minimum Gasteiger partial charge on any atom is -0.357 e. The van der Waals surface area contributed by atoms with Crippen molar-refractivity contribution in [2.45, 2.75) is 34.6 Å². The van der Waals surface area contributed by atoms with Gasteiger partial charge in [-0.1, -0.05) is 17.7 Å². The van der Waals surface area contributed by atoms with Gasteiger partial charge in [-0.2, -0.15) is 0 Å². The Morgan fingerprint density at radius 2 is 1.86 bits per heavy atom. The molecule has 0 aliphatic heterocycles. The number of fused-ring (bicyclic) bond motifs is 1. The predicted octanol–water partition coefficient (Wildman–Crippen LogP) is 5.02. The molecule has 4 heteroatoms. The second kappa shape index (κ2) is 5.29. The molecule has 2 aromatic heterocycles. The van der Waals surface area contributed by atoms with Gasteiger partial charge in [-0.05, 0) is 51.8 Å². The molecule has 3 rings (SSSR count). The Bertz CT molecular complexity index is 886. The summed E-state index contributed by atoms with van der Waals surface area (Å²) in [5.74, 6) is -0.0445. The van der Waals surface area contributed by atoms with Crippen molar-refractivity contribution >= 4 is 33.1 Å². The first-order chi connectivity index (χ1) is 10.4. The Labute approximate surface area is 134 Å². The van der Waals surface area contributed by atoms with Gasteiger partial charge < -0.3 is 10.3 Å². The van der Waals surface area contributed by atoms with Gasteiger partial charge >= 0.3 is 0 Å². The van der Waals surface area contributed by atoms with Gasteiger partial charge in [0, 0.05) is 16.3 Å². The van der Waals surface area contributed by atoms with Crippen LogP contribution in [0.15, 0.2) is 18.2 Å². The van der Waals surface area contributed by atoms with E-state index in [1.54, 1.807) is 11.3 Å². The summed E-state index contributed by atoms with van der Waals surface area (Å²) in [6, 6.07) is 6.06. The maximum absolute atomic E-state index is 12.7. The number of rotatable bonds is 2. The molecule has 0 saturated heterocycles. The summed E-state index contributed by atoms with van der Waals surface area (Å²) in [5, 5.41) is 3.05. The fourth-order valence-electron chi connectivity index (χ4n) is 2.79. The lowest BCUT2D eigenvalue weighted by Crippen LogP contribution is -2.13. The van der Waals surface area contributed by atoms with E-state index in [1.807, 2.05) is 32.9 Å². The molecule has 0 aliphatic rings. The highest BCUT2D eigenvalue weighted by Gasteiger charge is 2.20. The van der Waals surface area contributed by atoms with Crippen LogP contribution in [0.2, 0.25) is 0 Å². The van der Waals surface area contributed by atoms with E-state index < -0.39 is 0 Å². The number of H-pyrrole nitrogens is 1. The number of nitrogens with one attached hydrogen (secondary N) is 2. The minimum atomic E-state index is -0.0445. The molecule has 3 aromatic rings. The summed E-state index contributed by atoms with van der Waals surface area (Å²) in [6.45, 7) is 10.2. The summed E-state index contributed by atoms with van der Waals surface area (Å²) < 4.78 is 1.18. The molecule has 0 radical (unpaired) electrons. The standard InChI is InChI=1S/C18H20N2OS/c1-9-6-7-14(10(2)8-9)20-18(21)15-13(5)22-17-11(3)12(4)19-16(15)17/h6-8,19H,1-5H3,(H,20,21). The topological polar surface area (TPSA) is 44.9 Å². The van der Waals surface area contributed by atoms with Crippen LogP contribution in [0.25, 0.3) is 10.2 Å². The van der Waals surface area contributed by atoms with E-state index in [4.69, 9.17) is 0 Å². The molecular formula is C18H20N2OS. The minimum absolute atomic E-state index is 0.0445. The van der Waals surface area contributed by atoms with Gasteiger partial charge in [-0.3, -0.25) is 4.79 Å². The van der Waals surface area contributed by atoms with Gasteiger partial charge in [0.25, 0.3) is 5.91 Å². The monoisotopic (exact) mass is 312 g/mol. The van der Waals surface area contributed by atoms with Crippen molar-refractivity contribution in [3.8, 4) is 0 Å². The highest BCUT2D eigenvalue weighted by Crippen LogP contribution is 2.34. The summed E-state index contributed by atoms with van der Waals surface area (Å²) in [4.78, 5) is 17.1. The van der Waals surface area contributed by atoms with E-state index in [0.29, 0.717) is 0 Å². The third-order valence-electron chi connectivity index (χ3n) is 4.16. The number of amides is 1. The molecule has 2 heterocycles. The van der Waals surface area contributed by atoms with Crippen LogP contribution in [0, 0.1) is 34.6 Å². The molecule has 114 valence electrons. The fraction of sp³-hybridized carbons (Fsp3) is 0.278. The van der Waals surface area contributed by atoms with Crippen LogP contribution in [0.5, 0.6) is 0 Å². The number of aromatic amines is 1. The quantitative estimate of drug-likeness (QED) is 0.685. The number of hydrogen-bond acceptors (Lipinski definition) is 2. The predicted molar refractivity (Wildman–Crippen MR) is 94.3 cm³/mol. The zero-order chi connectivity index (χ0) is 16.0. The highest BCUT2D eigenvalue weighted by molar-refractivity contribution is 7.19. The van der Waals surface area contributed by atoms with Crippen LogP contribution in [-0.2, 0) is 0 Å². The third-order valence-corrected chi connectivity index (χ3v) is 5.38. The first-order valence-electron chi connectivity index (χ1n) is 7.35. The number of carbonyl (C=O) groups excluding carboxylic acids is 1. The van der Waals surface area contributed by atoms with E-state index in [9.17, 15) is 4.79 Å². The highest BCUT2D eigenvalue weighted by atomic mass is 32.1. The molecule has 0 atom stereocenters. The third kappa shape index (κ3) is 2.33. The number of carbonyl (C=O) groups is 1. The smallest absolute Gasteiger partial charge is 0.258 e.